The van der Waals surface area contributed by atoms with E-state index in [9.17, 15) is 68.7 Å². The van der Waals surface area contributed by atoms with Crippen LogP contribution in [0.2, 0.25) is 0 Å². The Labute approximate surface area is 436 Å². The summed E-state index contributed by atoms with van der Waals surface area (Å²) in [6.07, 6.45) is -7.83. The van der Waals surface area contributed by atoms with Crippen LogP contribution in [0.1, 0.15) is 63.2 Å². The fourth-order valence-electron chi connectivity index (χ4n) is 8.33. The van der Waals surface area contributed by atoms with Gasteiger partial charge in [0.25, 0.3) is 0 Å². The first-order valence-electron chi connectivity index (χ1n) is 24.0. The van der Waals surface area contributed by atoms with Crippen LogP contribution in [0.4, 0.5) is 17.6 Å². The molecule has 77 heavy (non-hydrogen) atoms. The smallest absolute Gasteiger partial charge is 0.351 e. The Balaban J connectivity index is 0.984. The number of aromatic amines is 1. The van der Waals surface area contributed by atoms with E-state index in [2.05, 4.69) is 46.9 Å². The zero-order valence-electron chi connectivity index (χ0n) is 41.9. The van der Waals surface area contributed by atoms with E-state index in [0.717, 1.165) is 6.92 Å². The van der Waals surface area contributed by atoms with Crippen LogP contribution in [0.15, 0.2) is 68.6 Å². The highest BCUT2D eigenvalue weighted by atomic mass is 16.6. The first-order valence-corrected chi connectivity index (χ1v) is 24.0. The number of aliphatic carboxylic acids is 1. The zero-order chi connectivity index (χ0) is 56.2. The van der Waals surface area contributed by atoms with Crippen LogP contribution in [-0.2, 0) is 38.2 Å². The second-order valence-corrected chi connectivity index (χ2v) is 17.8. The van der Waals surface area contributed by atoms with Crippen molar-refractivity contribution in [3.63, 3.8) is 0 Å². The van der Waals surface area contributed by atoms with E-state index in [0.29, 0.717) is 39.8 Å². The number of carboxylic acids is 2. The fraction of sp³-hybridized carbons (Fsp3) is 0.408. The molecule has 6 rings (SSSR count). The number of rotatable bonds is 25. The number of carbonyl (C=O) groups is 7. The van der Waals surface area contributed by atoms with Gasteiger partial charge in [-0.1, -0.05) is 6.07 Å². The molecule has 0 saturated carbocycles. The number of carbonyl (C=O) groups excluding carboxylic acids is 5. The molecule has 14 N–H and O–H groups in total. The summed E-state index contributed by atoms with van der Waals surface area (Å²) in [7, 11) is 1.48. The Bertz CT molecular complexity index is 3100. The van der Waals surface area contributed by atoms with Gasteiger partial charge in [-0.15, -0.1) is 0 Å². The largest absolute Gasteiger partial charge is 0.497 e. The van der Waals surface area contributed by atoms with Crippen molar-refractivity contribution in [1.29, 1.82) is 0 Å². The van der Waals surface area contributed by atoms with Gasteiger partial charge in [0.1, 0.15) is 65.7 Å². The minimum Gasteiger partial charge on any atom is -0.497 e. The van der Waals surface area contributed by atoms with Crippen molar-refractivity contribution < 1.29 is 77.7 Å². The van der Waals surface area contributed by atoms with Crippen LogP contribution in [0.3, 0.4) is 0 Å². The molecule has 2 aliphatic heterocycles. The first kappa shape index (κ1) is 57.7. The van der Waals surface area contributed by atoms with Crippen LogP contribution in [0.5, 0.6) is 5.75 Å². The number of anilines is 3. The van der Waals surface area contributed by atoms with E-state index < -0.39 is 115 Å². The average Bonchev–Trinajstić information content (AvgIpc) is 3.40. The molecular formula is C49H58N10O18. The zero-order valence-corrected chi connectivity index (χ0v) is 41.9. The fourth-order valence-corrected chi connectivity index (χ4v) is 8.33. The predicted molar refractivity (Wildman–Crippen MR) is 270 cm³/mol. The number of methoxy groups -OCH3 is 1. The third-order valence-corrected chi connectivity index (χ3v) is 12.2. The maximum Gasteiger partial charge on any atom is 0.351 e. The molecule has 0 bridgehead atoms. The minimum atomic E-state index is -1.72. The molecule has 2 aromatic carbocycles. The van der Waals surface area contributed by atoms with Gasteiger partial charge in [-0.2, -0.15) is 9.97 Å². The highest BCUT2D eigenvalue weighted by Gasteiger charge is 2.47. The van der Waals surface area contributed by atoms with E-state index in [1.54, 1.807) is 36.4 Å². The van der Waals surface area contributed by atoms with E-state index in [1.807, 2.05) is 0 Å². The van der Waals surface area contributed by atoms with Crippen molar-refractivity contribution in [1.82, 2.24) is 36.2 Å². The molecule has 3 aromatic rings. The first-order chi connectivity index (χ1) is 36.6. The number of unbranched alkanes of at least 4 members (excludes halogenated alkanes) is 1. The number of amides is 5. The maximum absolute atomic E-state index is 13.0. The number of primary amides is 1. The molecule has 412 valence electrons. The van der Waals surface area contributed by atoms with Gasteiger partial charge in [-0.05, 0) is 81.5 Å². The van der Waals surface area contributed by atoms with Gasteiger partial charge in [0.15, 0.2) is 11.7 Å². The molecule has 3 heterocycles. The highest BCUT2D eigenvalue weighted by Crippen LogP contribution is 2.42. The van der Waals surface area contributed by atoms with Crippen molar-refractivity contribution in [3.05, 3.63) is 80.9 Å². The van der Waals surface area contributed by atoms with Gasteiger partial charge >= 0.3 is 17.6 Å². The number of aliphatic hydroxyl groups is 3. The monoisotopic (exact) mass is 1070 g/mol. The summed E-state index contributed by atoms with van der Waals surface area (Å²) in [5.74, 6) is -6.41. The lowest BCUT2D eigenvalue weighted by Crippen LogP contribution is -2.65. The summed E-state index contributed by atoms with van der Waals surface area (Å²) in [5, 5.41) is 66.5. The maximum atomic E-state index is 13.0. The number of nitrogens with one attached hydrogen (secondary N) is 7. The topological polar surface area (TPSA) is 435 Å². The lowest BCUT2D eigenvalue weighted by Gasteiger charge is -2.43. The quantitative estimate of drug-likeness (QED) is 0.0253. The summed E-state index contributed by atoms with van der Waals surface area (Å²) < 4.78 is 22.1. The number of carboxylic acid groups (broad SMARTS) is 2. The predicted octanol–water partition coefficient (Wildman–Crippen LogP) is -0.751. The summed E-state index contributed by atoms with van der Waals surface area (Å²) in [6, 6.07) is 8.23. The standard InChI is InChI=1S/C49H58N10O18/c1-21(52-43(67)22(2)75-40-38(53-23(3)61)46(72)77-35(20-60)39(40)64)42(66)56-31(41(50)65)14-15-36(63)55-32(45(70)71)7-5-6-16-51-47-57-48(59-49(73)58-47)54-24-8-11-27(30(17-24)44(68)69)37-28-12-9-25(62)18-33(28)76-34-19-26(74-4)10-13-29(34)37/h8-13,17-19,21-22,31-32,35,38-40,46,60,64,72H,5-7,14-16,20H2,1-4H3,(H2,50,65)(H,52,67)(H,53,61)(H,55,63)(H,56,66)(H,68,69)(H,70,71)(H3,51,54,57,58,59,73)/t21-,22+,31+,32-,35?,38?,39?,40?,46?/m0/s1. The second-order valence-electron chi connectivity index (χ2n) is 17.8. The molecule has 5 unspecified atom stereocenters. The normalized spacial score (nSPS) is 18.7. The molecule has 5 amide bonds. The summed E-state index contributed by atoms with van der Waals surface area (Å²) in [4.78, 5) is 123. The molecule has 1 fully saturated rings. The van der Waals surface area contributed by atoms with Crippen LogP contribution in [-0.4, -0.2) is 157 Å². The number of nitrogens with zero attached hydrogens (tertiary/aromatic N) is 2. The molecule has 1 saturated heterocycles. The average molecular weight is 1080 g/mol. The number of ether oxygens (including phenoxy) is 3. The Hall–Kier alpha value is -8.57. The van der Waals surface area contributed by atoms with Gasteiger partial charge < -0.3 is 81.8 Å². The molecule has 1 aliphatic carbocycles. The summed E-state index contributed by atoms with van der Waals surface area (Å²) in [5.41, 5.74) is 6.06. The van der Waals surface area contributed by atoms with Gasteiger partial charge in [0.2, 0.25) is 41.4 Å². The third-order valence-electron chi connectivity index (χ3n) is 12.2. The number of fused-ring (bicyclic) bond motifs is 2. The molecule has 1 aromatic heterocycles. The van der Waals surface area contributed by atoms with Gasteiger partial charge in [-0.25, -0.2) is 14.4 Å². The lowest BCUT2D eigenvalue weighted by atomic mass is 9.90. The van der Waals surface area contributed by atoms with E-state index >= 15 is 0 Å². The van der Waals surface area contributed by atoms with Gasteiger partial charge in [0.05, 0.1) is 19.3 Å². The van der Waals surface area contributed by atoms with Crippen LogP contribution < -0.4 is 53.5 Å². The number of H-pyrrole nitrogens is 1. The molecule has 9 atom stereocenters. The number of aromatic nitrogens is 3. The van der Waals surface area contributed by atoms with Crippen LogP contribution >= 0.6 is 0 Å². The molecule has 28 nitrogen and oxygen atoms in total. The van der Waals surface area contributed by atoms with E-state index in [4.69, 9.17) is 24.4 Å². The minimum absolute atomic E-state index is 0.0514. The van der Waals surface area contributed by atoms with E-state index in [-0.39, 0.29) is 60.1 Å². The van der Waals surface area contributed by atoms with Crippen molar-refractivity contribution in [3.8, 4) is 28.2 Å². The van der Waals surface area contributed by atoms with Crippen molar-refractivity contribution in [2.24, 2.45) is 5.73 Å². The van der Waals surface area contributed by atoms with Crippen molar-refractivity contribution in [2.75, 3.05) is 30.9 Å². The Kier molecular flexibility index (Phi) is 19.3. The van der Waals surface area contributed by atoms with Crippen LogP contribution in [0.25, 0.3) is 33.4 Å². The molecule has 28 heteroatoms. The molecule has 0 spiro atoms. The van der Waals surface area contributed by atoms with Crippen molar-refractivity contribution in [2.45, 2.75) is 108 Å². The number of aliphatic hydroxyl groups excluding tert-OH is 3. The number of benzene rings is 3. The van der Waals surface area contributed by atoms with Gasteiger partial charge in [0, 0.05) is 54.2 Å². The lowest BCUT2D eigenvalue weighted by molar-refractivity contribution is -0.266. The van der Waals surface area contributed by atoms with Gasteiger partial charge in [-0.3, -0.25) is 33.8 Å². The number of nitrogens with two attached hydrogens (primary N) is 1. The van der Waals surface area contributed by atoms with Crippen LogP contribution in [0, 0.1) is 0 Å². The Morgan fingerprint density at radius 2 is 1.61 bits per heavy atom. The molecular weight excluding hydrogens is 1020 g/mol. The SMILES string of the molecule is COc1ccc2c(-c3ccc(Nc4nc(NCCCC[C@H](NC(=O)CC[C@@H](NC(=O)[C@H](C)NC(=O)[C@@H](C)OC5C(O)C(CO)OC(O)C5NC(C)=O)C(N)=O)C(=O)O)nc(=O)[nH]4)cc3C(=O)O)c3ccc(=O)cc-3oc2c1. The Morgan fingerprint density at radius 3 is 2.29 bits per heavy atom. The van der Waals surface area contributed by atoms with Crippen molar-refractivity contribution >= 4 is 70.0 Å². The summed E-state index contributed by atoms with van der Waals surface area (Å²) in [6.45, 7) is 3.05. The number of hydrogen-bond donors (Lipinski definition) is 13. The third kappa shape index (κ3) is 14.8. The number of hydrogen-bond acceptors (Lipinski definition) is 20. The highest BCUT2D eigenvalue weighted by molar-refractivity contribution is 6.08. The number of aromatic carboxylic acids is 1. The second kappa shape index (κ2) is 25.8. The van der Waals surface area contributed by atoms with E-state index in [1.165, 1.54) is 39.2 Å². The molecule has 0 radical (unpaired) electrons. The Morgan fingerprint density at radius 1 is 0.870 bits per heavy atom. The molecule has 3 aliphatic rings. The summed E-state index contributed by atoms with van der Waals surface area (Å²) >= 11 is 0.